The first-order valence-corrected chi connectivity index (χ1v) is 7.50. The number of methoxy groups -OCH3 is 1. The van der Waals surface area contributed by atoms with Gasteiger partial charge in [0.05, 0.1) is 12.7 Å². The summed E-state index contributed by atoms with van der Waals surface area (Å²) in [5, 5.41) is 8.08. The monoisotopic (exact) mass is 306 g/mol. The summed E-state index contributed by atoms with van der Waals surface area (Å²) in [5.74, 6) is 1.19. The maximum atomic E-state index is 14.3. The van der Waals surface area contributed by atoms with Gasteiger partial charge in [-0.15, -0.1) is 10.2 Å². The molecule has 0 atom stereocenters. The van der Waals surface area contributed by atoms with Gasteiger partial charge >= 0.3 is 0 Å². The Kier molecular flexibility index (Phi) is 4.38. The lowest BCUT2D eigenvalue weighted by molar-refractivity contribution is 0.0795. The fraction of sp³-hybridized carbons (Fsp3) is 0.500. The van der Waals surface area contributed by atoms with Crippen molar-refractivity contribution in [2.45, 2.75) is 32.1 Å². The average molecular weight is 306 g/mol. The van der Waals surface area contributed by atoms with Crippen LogP contribution in [0.3, 0.4) is 0 Å². The van der Waals surface area contributed by atoms with Gasteiger partial charge in [0.2, 0.25) is 5.89 Å². The normalized spacial score (nSPS) is 16.0. The number of halogens is 1. The molecule has 0 amide bonds. The van der Waals surface area contributed by atoms with Crippen molar-refractivity contribution in [2.24, 2.45) is 0 Å². The van der Waals surface area contributed by atoms with Crippen LogP contribution in [0.15, 0.2) is 16.5 Å². The summed E-state index contributed by atoms with van der Waals surface area (Å²) in [6.07, 6.45) is 2.39. The first-order chi connectivity index (χ1) is 10.7. The molecule has 0 aliphatic carbocycles. The number of rotatable bonds is 4. The van der Waals surface area contributed by atoms with Crippen molar-refractivity contribution in [2.75, 3.05) is 20.3 Å². The molecule has 0 unspecified atom stereocenters. The lowest BCUT2D eigenvalue weighted by Crippen LogP contribution is -2.14. The van der Waals surface area contributed by atoms with Gasteiger partial charge in [0.25, 0.3) is 5.89 Å². The molecule has 0 N–H and O–H groups in total. The van der Waals surface area contributed by atoms with Crippen LogP contribution < -0.4 is 4.74 Å². The van der Waals surface area contributed by atoms with Crippen molar-refractivity contribution in [3.05, 3.63) is 29.4 Å². The highest BCUT2D eigenvalue weighted by Gasteiger charge is 2.23. The molecule has 0 saturated carbocycles. The Hall–Kier alpha value is -1.95. The molecular weight excluding hydrogens is 287 g/mol. The molecule has 22 heavy (non-hydrogen) atoms. The molecular formula is C16H19FN2O3. The molecule has 1 saturated heterocycles. The van der Waals surface area contributed by atoms with Crippen molar-refractivity contribution in [3.63, 3.8) is 0 Å². The van der Waals surface area contributed by atoms with Crippen LogP contribution in [0.25, 0.3) is 11.5 Å². The zero-order valence-electron chi connectivity index (χ0n) is 12.8. The van der Waals surface area contributed by atoms with Gasteiger partial charge < -0.3 is 13.9 Å². The zero-order chi connectivity index (χ0) is 15.5. The smallest absolute Gasteiger partial charge is 0.250 e. The molecule has 5 nitrogen and oxygen atoms in total. The van der Waals surface area contributed by atoms with Gasteiger partial charge in [-0.05, 0) is 37.0 Å². The van der Waals surface area contributed by atoms with Crippen LogP contribution in [0, 0.1) is 5.82 Å². The number of aromatic nitrogens is 2. The van der Waals surface area contributed by atoms with Gasteiger partial charge in [-0.25, -0.2) is 4.39 Å². The quantitative estimate of drug-likeness (QED) is 0.867. The number of benzene rings is 1. The summed E-state index contributed by atoms with van der Waals surface area (Å²) >= 11 is 0. The van der Waals surface area contributed by atoms with Crippen LogP contribution in [-0.4, -0.2) is 30.5 Å². The summed E-state index contributed by atoms with van der Waals surface area (Å²) in [5.41, 5.74) is 1.09. The molecule has 1 aliphatic heterocycles. The Morgan fingerprint density at radius 1 is 1.27 bits per heavy atom. The average Bonchev–Trinajstić information content (AvgIpc) is 3.05. The van der Waals surface area contributed by atoms with Gasteiger partial charge in [-0.2, -0.15) is 0 Å². The van der Waals surface area contributed by atoms with Gasteiger partial charge in [0.15, 0.2) is 0 Å². The van der Waals surface area contributed by atoms with Crippen LogP contribution in [-0.2, 0) is 11.2 Å². The third kappa shape index (κ3) is 2.83. The predicted octanol–water partition coefficient (Wildman–Crippen LogP) is 3.34. The Balaban J connectivity index is 1.92. The number of nitrogens with zero attached hydrogens (tertiary/aromatic N) is 2. The van der Waals surface area contributed by atoms with Gasteiger partial charge in [0.1, 0.15) is 11.6 Å². The van der Waals surface area contributed by atoms with Crippen LogP contribution in [0.5, 0.6) is 5.75 Å². The summed E-state index contributed by atoms with van der Waals surface area (Å²) in [6.45, 7) is 3.33. The molecule has 1 aromatic carbocycles. The highest BCUT2D eigenvalue weighted by molar-refractivity contribution is 5.58. The molecule has 1 aliphatic rings. The highest BCUT2D eigenvalue weighted by atomic mass is 19.1. The minimum atomic E-state index is -0.375. The second-order valence-electron chi connectivity index (χ2n) is 5.33. The van der Waals surface area contributed by atoms with E-state index in [9.17, 15) is 4.39 Å². The molecule has 1 aromatic heterocycles. The Morgan fingerprint density at radius 3 is 2.73 bits per heavy atom. The predicted molar refractivity (Wildman–Crippen MR) is 78.4 cm³/mol. The van der Waals surface area contributed by atoms with Crippen LogP contribution in [0.4, 0.5) is 4.39 Å². The fourth-order valence-corrected chi connectivity index (χ4v) is 2.68. The van der Waals surface area contributed by atoms with Crippen molar-refractivity contribution >= 4 is 0 Å². The standard InChI is InChI=1S/C16H19FN2O3/c1-3-10-8-13(17)12(9-14(10)20-2)16-19-18-15(22-16)11-4-6-21-7-5-11/h8-9,11H,3-7H2,1-2H3. The third-order valence-electron chi connectivity index (χ3n) is 3.99. The molecule has 6 heteroatoms. The third-order valence-corrected chi connectivity index (χ3v) is 3.99. The minimum absolute atomic E-state index is 0.190. The lowest BCUT2D eigenvalue weighted by Gasteiger charge is -2.18. The second-order valence-corrected chi connectivity index (χ2v) is 5.33. The number of ether oxygens (including phenoxy) is 2. The SMILES string of the molecule is CCc1cc(F)c(-c2nnc(C3CCOCC3)o2)cc1OC. The molecule has 2 heterocycles. The van der Waals surface area contributed by atoms with Crippen molar-refractivity contribution in [1.29, 1.82) is 0 Å². The van der Waals surface area contributed by atoms with E-state index in [0.29, 0.717) is 31.3 Å². The van der Waals surface area contributed by atoms with Crippen LogP contribution in [0.1, 0.15) is 37.1 Å². The van der Waals surface area contributed by atoms with E-state index in [1.165, 1.54) is 6.07 Å². The van der Waals surface area contributed by atoms with Crippen LogP contribution in [0.2, 0.25) is 0 Å². The summed E-state index contributed by atoms with van der Waals surface area (Å²) < 4.78 is 30.6. The van der Waals surface area contributed by atoms with E-state index < -0.39 is 0 Å². The Morgan fingerprint density at radius 2 is 2.05 bits per heavy atom. The summed E-state index contributed by atoms with van der Waals surface area (Å²) in [4.78, 5) is 0. The lowest BCUT2D eigenvalue weighted by atomic mass is 10.0. The van der Waals surface area contributed by atoms with E-state index in [2.05, 4.69) is 10.2 Å². The second kappa shape index (κ2) is 6.44. The van der Waals surface area contributed by atoms with Gasteiger partial charge in [-0.3, -0.25) is 0 Å². The van der Waals surface area contributed by atoms with E-state index in [4.69, 9.17) is 13.9 Å². The topological polar surface area (TPSA) is 57.4 Å². The van der Waals surface area contributed by atoms with Gasteiger partial charge in [0, 0.05) is 19.1 Å². The van der Waals surface area contributed by atoms with E-state index in [0.717, 1.165) is 18.4 Å². The minimum Gasteiger partial charge on any atom is -0.496 e. The Bertz CT molecular complexity index is 651. The highest BCUT2D eigenvalue weighted by Crippen LogP contribution is 2.32. The molecule has 0 bridgehead atoms. The molecule has 3 rings (SSSR count). The number of hydrogen-bond donors (Lipinski definition) is 0. The van der Waals surface area contributed by atoms with Crippen molar-refractivity contribution in [3.8, 4) is 17.2 Å². The van der Waals surface area contributed by atoms with E-state index in [1.807, 2.05) is 6.92 Å². The summed E-state index contributed by atoms with van der Waals surface area (Å²) in [7, 11) is 1.57. The summed E-state index contributed by atoms with van der Waals surface area (Å²) in [6, 6.07) is 3.09. The molecule has 0 spiro atoms. The number of hydrogen-bond acceptors (Lipinski definition) is 5. The maximum absolute atomic E-state index is 14.3. The Labute approximate surface area is 128 Å². The van der Waals surface area contributed by atoms with E-state index >= 15 is 0 Å². The molecule has 2 aromatic rings. The van der Waals surface area contributed by atoms with Crippen molar-refractivity contribution < 1.29 is 18.3 Å². The van der Waals surface area contributed by atoms with E-state index in [-0.39, 0.29) is 23.2 Å². The van der Waals surface area contributed by atoms with Crippen molar-refractivity contribution in [1.82, 2.24) is 10.2 Å². The zero-order valence-corrected chi connectivity index (χ0v) is 12.8. The van der Waals surface area contributed by atoms with Gasteiger partial charge in [-0.1, -0.05) is 6.92 Å². The van der Waals surface area contributed by atoms with Crippen LogP contribution >= 0.6 is 0 Å². The molecule has 118 valence electrons. The first kappa shape index (κ1) is 15.0. The first-order valence-electron chi connectivity index (χ1n) is 7.50. The fourth-order valence-electron chi connectivity index (χ4n) is 2.68. The number of aryl methyl sites for hydroxylation is 1. The molecule has 0 radical (unpaired) electrons. The maximum Gasteiger partial charge on any atom is 0.250 e. The largest absolute Gasteiger partial charge is 0.496 e. The molecule has 1 fully saturated rings. The van der Waals surface area contributed by atoms with E-state index in [1.54, 1.807) is 13.2 Å².